The van der Waals surface area contributed by atoms with Crippen LogP contribution in [0.4, 0.5) is 69.8 Å². The Morgan fingerprint density at radius 3 is 1.41 bits per heavy atom. The van der Waals surface area contributed by atoms with E-state index in [0.29, 0.717) is 34.8 Å². The summed E-state index contributed by atoms with van der Waals surface area (Å²) in [5.41, 5.74) is 13.1. The van der Waals surface area contributed by atoms with E-state index in [1.165, 1.54) is 41.0 Å². The topological polar surface area (TPSA) is 163 Å². The number of aryl methyl sites for hydroxylation is 2. The SMILES string of the molecule is Cc1nc2cc(F)c(F)cc2n1-c1nc(N)cc(Nc2ccc(C(F)(F)F)cc2)n1.Cc1nc2ccccc2n1-c1nc(N)cc(Nc2ccc(C(F)(F)F)cc2)n1. The summed E-state index contributed by atoms with van der Waals surface area (Å²) >= 11 is 0. The molecule has 0 unspecified atom stereocenters. The van der Waals surface area contributed by atoms with Crippen molar-refractivity contribution < 1.29 is 35.1 Å². The summed E-state index contributed by atoms with van der Waals surface area (Å²) in [5.74, 6) is 0.140. The largest absolute Gasteiger partial charge is 0.416 e. The molecule has 0 aliphatic rings. The predicted molar refractivity (Wildman–Crippen MR) is 201 cm³/mol. The molecule has 6 N–H and O–H groups in total. The second-order valence-electron chi connectivity index (χ2n) is 12.6. The minimum Gasteiger partial charge on any atom is -0.383 e. The van der Waals surface area contributed by atoms with Crippen molar-refractivity contribution >= 4 is 56.7 Å². The van der Waals surface area contributed by atoms with E-state index in [0.717, 1.165) is 47.4 Å². The number of aromatic nitrogens is 8. The first-order valence-electron chi connectivity index (χ1n) is 16.9. The number of halogens is 8. The van der Waals surface area contributed by atoms with Crippen molar-refractivity contribution in [3.63, 3.8) is 0 Å². The maximum Gasteiger partial charge on any atom is 0.416 e. The average Bonchev–Trinajstić information content (AvgIpc) is 3.65. The van der Waals surface area contributed by atoms with Crippen molar-refractivity contribution in [2.75, 3.05) is 22.1 Å². The van der Waals surface area contributed by atoms with Crippen LogP contribution in [0.5, 0.6) is 0 Å². The molecule has 4 aromatic carbocycles. The van der Waals surface area contributed by atoms with Gasteiger partial charge in [0.25, 0.3) is 0 Å². The fraction of sp³-hybridized carbons (Fsp3) is 0.105. The van der Waals surface area contributed by atoms with Gasteiger partial charge in [0.1, 0.15) is 34.9 Å². The number of nitrogen functional groups attached to an aromatic ring is 2. The van der Waals surface area contributed by atoms with Gasteiger partial charge in [0.2, 0.25) is 11.9 Å². The third-order valence-corrected chi connectivity index (χ3v) is 8.43. The molecule has 0 saturated carbocycles. The smallest absolute Gasteiger partial charge is 0.383 e. The van der Waals surface area contributed by atoms with Crippen LogP contribution in [0.1, 0.15) is 22.8 Å². The quantitative estimate of drug-likeness (QED) is 0.119. The molecular weight excluding hydrogens is 776 g/mol. The second kappa shape index (κ2) is 14.9. The summed E-state index contributed by atoms with van der Waals surface area (Å²) in [6.45, 7) is 3.43. The first-order chi connectivity index (χ1) is 27.4. The number of rotatable bonds is 6. The maximum atomic E-state index is 13.7. The Morgan fingerprint density at radius 1 is 0.500 bits per heavy atom. The van der Waals surface area contributed by atoms with E-state index in [4.69, 9.17) is 11.5 Å². The van der Waals surface area contributed by atoms with Crippen LogP contribution in [-0.2, 0) is 12.4 Å². The number of nitrogens with zero attached hydrogens (tertiary/aromatic N) is 8. The summed E-state index contributed by atoms with van der Waals surface area (Å²) in [4.78, 5) is 25.8. The zero-order valence-corrected chi connectivity index (χ0v) is 30.0. The molecule has 0 atom stereocenters. The Kier molecular flexibility index (Phi) is 10.0. The van der Waals surface area contributed by atoms with Gasteiger partial charge in [-0.05, 0) is 74.5 Å². The van der Waals surface area contributed by atoms with Crippen molar-refractivity contribution in [2.24, 2.45) is 0 Å². The van der Waals surface area contributed by atoms with Gasteiger partial charge in [0.15, 0.2) is 11.6 Å². The van der Waals surface area contributed by atoms with Crippen LogP contribution in [-0.4, -0.2) is 39.0 Å². The Balaban J connectivity index is 0.000000177. The minimum atomic E-state index is -4.44. The second-order valence-corrected chi connectivity index (χ2v) is 12.6. The van der Waals surface area contributed by atoms with E-state index in [9.17, 15) is 35.1 Å². The Morgan fingerprint density at radius 2 is 0.931 bits per heavy atom. The molecule has 0 aliphatic carbocycles. The Hall–Kier alpha value is -7.38. The monoisotopic (exact) mass is 804 g/mol. The number of fused-ring (bicyclic) bond motifs is 2. The molecule has 0 bridgehead atoms. The lowest BCUT2D eigenvalue weighted by molar-refractivity contribution is -0.138. The van der Waals surface area contributed by atoms with Crippen LogP contribution in [0.15, 0.2) is 97.1 Å². The molecule has 4 heterocycles. The van der Waals surface area contributed by atoms with Gasteiger partial charge < -0.3 is 22.1 Å². The van der Waals surface area contributed by atoms with Crippen molar-refractivity contribution in [3.8, 4) is 11.9 Å². The summed E-state index contributed by atoms with van der Waals surface area (Å²) in [6, 6.07) is 21.4. The van der Waals surface area contributed by atoms with Crippen LogP contribution < -0.4 is 22.1 Å². The zero-order chi connectivity index (χ0) is 41.5. The molecular formula is C38H28F8N12. The van der Waals surface area contributed by atoms with Crippen LogP contribution in [0.2, 0.25) is 0 Å². The van der Waals surface area contributed by atoms with E-state index in [-0.39, 0.29) is 34.4 Å². The third-order valence-electron chi connectivity index (χ3n) is 8.43. The fourth-order valence-electron chi connectivity index (χ4n) is 5.86. The van der Waals surface area contributed by atoms with Crippen molar-refractivity contribution in [1.82, 2.24) is 39.0 Å². The fourth-order valence-corrected chi connectivity index (χ4v) is 5.86. The Bertz CT molecular complexity index is 2780. The molecule has 4 aromatic heterocycles. The predicted octanol–water partition coefficient (Wildman–Crippen LogP) is 9.22. The van der Waals surface area contributed by atoms with E-state index in [1.807, 2.05) is 31.2 Å². The lowest BCUT2D eigenvalue weighted by atomic mass is 10.2. The molecule has 296 valence electrons. The van der Waals surface area contributed by atoms with Crippen LogP contribution in [0, 0.1) is 25.5 Å². The van der Waals surface area contributed by atoms with Gasteiger partial charge in [-0.2, -0.15) is 46.3 Å². The summed E-state index contributed by atoms with van der Waals surface area (Å²) < 4.78 is 107. The van der Waals surface area contributed by atoms with E-state index in [1.54, 1.807) is 11.5 Å². The number of nitrogens with two attached hydrogens (primary N) is 2. The van der Waals surface area contributed by atoms with E-state index < -0.39 is 35.1 Å². The molecule has 0 saturated heterocycles. The highest BCUT2D eigenvalue weighted by Gasteiger charge is 2.31. The summed E-state index contributed by atoms with van der Waals surface area (Å²) in [7, 11) is 0. The standard InChI is InChI=1S/C19H13F5N6.C19H15F3N6/c1-9-26-14-6-12(20)13(21)7-15(14)30(9)18-28-16(25)8-17(29-18)27-11-4-2-10(3-5-11)19(22,23)24;1-11-24-14-4-2-3-5-15(14)28(11)18-26-16(23)10-17(27-18)25-13-8-6-12(7-9-13)19(20,21)22/h2-8H,1H3,(H3,25,27,28,29);2-10H,1H3,(H3,23,25,26,27). The summed E-state index contributed by atoms with van der Waals surface area (Å²) in [6.07, 6.45) is -8.83. The van der Waals surface area contributed by atoms with Crippen molar-refractivity contribution in [3.05, 3.63) is 131 Å². The number of imidazole rings is 2. The molecule has 58 heavy (non-hydrogen) atoms. The highest BCUT2D eigenvalue weighted by atomic mass is 19.4. The number of alkyl halides is 6. The number of para-hydroxylation sites is 2. The number of benzene rings is 4. The highest BCUT2D eigenvalue weighted by molar-refractivity contribution is 5.79. The van der Waals surface area contributed by atoms with E-state index >= 15 is 0 Å². The van der Waals surface area contributed by atoms with Crippen molar-refractivity contribution in [2.45, 2.75) is 26.2 Å². The van der Waals surface area contributed by atoms with Gasteiger partial charge in [0.05, 0.1) is 33.2 Å². The maximum absolute atomic E-state index is 13.7. The molecule has 0 radical (unpaired) electrons. The molecule has 0 amide bonds. The normalized spacial score (nSPS) is 11.8. The molecule has 0 spiro atoms. The number of hydrogen-bond acceptors (Lipinski definition) is 10. The molecule has 20 heteroatoms. The number of nitrogens with one attached hydrogen (secondary N) is 2. The van der Waals surface area contributed by atoms with Gasteiger partial charge in [-0.1, -0.05) is 12.1 Å². The lowest BCUT2D eigenvalue weighted by Gasteiger charge is -2.11. The minimum absolute atomic E-state index is 0.0374. The average molecular weight is 805 g/mol. The van der Waals surface area contributed by atoms with Gasteiger partial charge in [0, 0.05) is 35.6 Å². The van der Waals surface area contributed by atoms with Gasteiger partial charge in [-0.25, -0.2) is 18.7 Å². The van der Waals surface area contributed by atoms with Gasteiger partial charge in [-0.3, -0.25) is 9.13 Å². The first kappa shape index (κ1) is 38.9. The van der Waals surface area contributed by atoms with E-state index in [2.05, 4.69) is 40.5 Å². The molecule has 0 aliphatic heterocycles. The Labute approximate surface area is 322 Å². The third kappa shape index (κ3) is 8.25. The van der Waals surface area contributed by atoms with Gasteiger partial charge >= 0.3 is 12.4 Å². The first-order valence-corrected chi connectivity index (χ1v) is 16.9. The molecule has 8 rings (SSSR count). The molecule has 12 nitrogen and oxygen atoms in total. The van der Waals surface area contributed by atoms with Crippen LogP contribution in [0.3, 0.4) is 0 Å². The lowest BCUT2D eigenvalue weighted by Crippen LogP contribution is -2.08. The van der Waals surface area contributed by atoms with Gasteiger partial charge in [-0.15, -0.1) is 0 Å². The summed E-state index contributed by atoms with van der Waals surface area (Å²) in [5, 5.41) is 5.81. The molecule has 8 aromatic rings. The number of hydrogen-bond donors (Lipinski definition) is 4. The van der Waals surface area contributed by atoms with Crippen LogP contribution in [0.25, 0.3) is 34.0 Å². The number of anilines is 6. The highest BCUT2D eigenvalue weighted by Crippen LogP contribution is 2.32. The van der Waals surface area contributed by atoms with Crippen LogP contribution >= 0.6 is 0 Å². The zero-order valence-electron chi connectivity index (χ0n) is 30.0. The molecule has 0 fully saturated rings. The van der Waals surface area contributed by atoms with Crippen molar-refractivity contribution in [1.29, 1.82) is 0 Å².